The first-order valence-corrected chi connectivity index (χ1v) is 27.5. The monoisotopic (exact) mass is 1330 g/mol. The minimum absolute atomic E-state index is 0.176. The zero-order chi connectivity index (χ0) is 64.5. The third-order valence-corrected chi connectivity index (χ3v) is 12.8. The summed E-state index contributed by atoms with van der Waals surface area (Å²) in [5.74, 6) is 1.88. The van der Waals surface area contributed by atoms with Gasteiger partial charge in [-0.1, -0.05) is 69.0 Å². The van der Waals surface area contributed by atoms with E-state index in [1.807, 2.05) is 56.3 Å². The van der Waals surface area contributed by atoms with Gasteiger partial charge in [0.25, 0.3) is 0 Å². The van der Waals surface area contributed by atoms with Crippen LogP contribution < -0.4 is 63.3 Å². The van der Waals surface area contributed by atoms with E-state index in [0.29, 0.717) is 72.5 Å². The van der Waals surface area contributed by atoms with Crippen molar-refractivity contribution in [2.75, 3.05) is 70.4 Å². The van der Waals surface area contributed by atoms with Gasteiger partial charge in [-0.25, -0.2) is 48.7 Å². The molecule has 0 aliphatic carbocycles. The molecule has 462 valence electrons. The standard InChI is InChI=1S/2C20H19ClN6O3.C19H16BrFN6O3/c1-12-4-3-5-13(8-12)26-20(28)27-17-7-6-14(9-16(17)21)30-19-15(10-25-29-2)18(22)23-11-24-19;1-12-5-3-4-6-16(12)26-20(28)27-17-8-7-13(9-15(17)21)30-19-14(10-25-29-2)18(22)23-11-24-19;1-29-25-9-14-17(22)23-10-24-18(14)30-13-6-7-16(15(20)8-13)27-19(28)26-12-4-2-11(21)3-5-12/h2*3-11H,1-2H3,(H2,22,23,24)(H2,26,27,28);2-10H,1H3,(H2,22,23,24)(H2,26,27,28)/b2*25-10+;25-9+. The highest BCUT2D eigenvalue weighted by atomic mass is 79.9. The van der Waals surface area contributed by atoms with Crippen LogP contribution in [0.4, 0.5) is 70.4 Å². The van der Waals surface area contributed by atoms with Crippen molar-refractivity contribution in [1.82, 2.24) is 29.9 Å². The Labute approximate surface area is 531 Å². The van der Waals surface area contributed by atoms with Crippen LogP contribution in [-0.4, -0.2) is 88.0 Å². The van der Waals surface area contributed by atoms with Gasteiger partial charge in [-0.3, -0.25) is 0 Å². The van der Waals surface area contributed by atoms with Gasteiger partial charge in [-0.2, -0.15) is 0 Å². The van der Waals surface area contributed by atoms with Crippen molar-refractivity contribution in [3.63, 3.8) is 0 Å². The van der Waals surface area contributed by atoms with Crippen molar-refractivity contribution < 1.29 is 47.5 Å². The molecule has 12 N–H and O–H groups in total. The molecule has 9 aromatic rings. The third kappa shape index (κ3) is 19.8. The van der Waals surface area contributed by atoms with E-state index in [9.17, 15) is 18.8 Å². The predicted molar refractivity (Wildman–Crippen MR) is 347 cm³/mol. The van der Waals surface area contributed by atoms with Crippen LogP contribution in [0.3, 0.4) is 0 Å². The fraction of sp³-hybridized carbons (Fsp3) is 0.0847. The number of para-hydroxylation sites is 1. The summed E-state index contributed by atoms with van der Waals surface area (Å²) < 4.78 is 30.8. The summed E-state index contributed by atoms with van der Waals surface area (Å²) >= 11 is 16.0. The van der Waals surface area contributed by atoms with E-state index < -0.39 is 18.1 Å². The Morgan fingerprint density at radius 2 is 0.889 bits per heavy atom. The average molecular weight is 1330 g/mol. The number of benzene rings is 6. The lowest BCUT2D eigenvalue weighted by atomic mass is 10.2. The summed E-state index contributed by atoms with van der Waals surface area (Å²) in [6, 6.07) is 33.5. The van der Waals surface area contributed by atoms with Crippen LogP contribution in [0.25, 0.3) is 0 Å². The van der Waals surface area contributed by atoms with E-state index in [0.717, 1.165) is 11.1 Å². The molecule has 0 bridgehead atoms. The number of hydrogen-bond donors (Lipinski definition) is 9. The molecule has 0 fully saturated rings. The topological polar surface area (TPSA) is 371 Å². The first kappa shape index (κ1) is 66.1. The number of anilines is 9. The van der Waals surface area contributed by atoms with Crippen molar-refractivity contribution in [2.24, 2.45) is 15.5 Å². The number of nitrogens with two attached hydrogens (primary N) is 3. The number of amides is 6. The number of rotatable bonds is 18. The van der Waals surface area contributed by atoms with Gasteiger partial charge in [0.15, 0.2) is 0 Å². The molecule has 31 heteroatoms. The first-order valence-electron chi connectivity index (χ1n) is 25.9. The number of aryl methyl sites for hydroxylation is 2. The summed E-state index contributed by atoms with van der Waals surface area (Å²) in [6.07, 6.45) is 7.83. The van der Waals surface area contributed by atoms with Gasteiger partial charge in [-0.15, -0.1) is 0 Å². The number of hydrogen-bond acceptors (Lipinski definition) is 21. The maximum atomic E-state index is 13.0. The Morgan fingerprint density at radius 1 is 0.478 bits per heavy atom. The van der Waals surface area contributed by atoms with Gasteiger partial charge < -0.3 is 77.8 Å². The van der Waals surface area contributed by atoms with Crippen LogP contribution in [0.15, 0.2) is 166 Å². The smallest absolute Gasteiger partial charge is 0.323 e. The molecule has 90 heavy (non-hydrogen) atoms. The number of nitrogens with one attached hydrogen (secondary N) is 6. The first-order chi connectivity index (χ1) is 43.4. The van der Waals surface area contributed by atoms with Gasteiger partial charge in [0, 0.05) is 33.7 Å². The van der Waals surface area contributed by atoms with Crippen LogP contribution >= 0.6 is 39.1 Å². The molecule has 6 aromatic carbocycles. The average Bonchev–Trinajstić information content (AvgIpc) is 2.44. The normalized spacial score (nSPS) is 10.6. The highest BCUT2D eigenvalue weighted by molar-refractivity contribution is 9.10. The molecule has 0 radical (unpaired) electrons. The second kappa shape index (κ2) is 32.9. The number of nitrogens with zero attached hydrogens (tertiary/aromatic N) is 9. The quantitative estimate of drug-likeness (QED) is 0.0285. The van der Waals surface area contributed by atoms with E-state index in [2.05, 4.69) is 108 Å². The van der Waals surface area contributed by atoms with Crippen LogP contribution in [0.1, 0.15) is 27.8 Å². The Hall–Kier alpha value is -11.4. The summed E-state index contributed by atoms with van der Waals surface area (Å²) in [6.45, 7) is 3.84. The summed E-state index contributed by atoms with van der Waals surface area (Å²) in [5.41, 5.74) is 23.7. The number of halogens is 4. The second-order valence-corrected chi connectivity index (χ2v) is 19.5. The zero-order valence-electron chi connectivity index (χ0n) is 48.0. The Kier molecular flexibility index (Phi) is 24.2. The molecule has 0 atom stereocenters. The largest absolute Gasteiger partial charge is 0.438 e. The molecular weight excluding hydrogens is 1270 g/mol. The van der Waals surface area contributed by atoms with Crippen LogP contribution in [-0.2, 0) is 14.5 Å². The molecule has 3 aromatic heterocycles. The van der Waals surface area contributed by atoms with E-state index in [1.165, 1.54) is 83.2 Å². The lowest BCUT2D eigenvalue weighted by molar-refractivity contribution is 0.215. The SMILES string of the molecule is CO/N=C/c1c(N)ncnc1Oc1ccc(NC(=O)Nc2ccc(F)cc2)c(Br)c1.CO/N=C/c1c(N)ncnc1Oc1ccc(NC(=O)Nc2cccc(C)c2)c(Cl)c1.CO/N=C/c1c(N)ncnc1Oc1ccc(NC(=O)Nc2ccccc2C)c(Cl)c1. The minimum Gasteiger partial charge on any atom is -0.438 e. The number of oxime groups is 3. The summed E-state index contributed by atoms with van der Waals surface area (Å²) in [5, 5.41) is 27.8. The van der Waals surface area contributed by atoms with E-state index >= 15 is 0 Å². The molecule has 27 nitrogen and oxygen atoms in total. The number of carbonyl (C=O) groups is 3. The van der Waals surface area contributed by atoms with Gasteiger partial charge in [0.05, 0.1) is 45.8 Å². The predicted octanol–water partition coefficient (Wildman–Crippen LogP) is 13.3. The zero-order valence-corrected chi connectivity index (χ0v) is 51.1. The number of nitrogen functional groups attached to an aromatic ring is 3. The minimum atomic E-state index is -0.488. The third-order valence-electron chi connectivity index (χ3n) is 11.5. The van der Waals surface area contributed by atoms with Crippen molar-refractivity contribution >= 4 is 127 Å². The van der Waals surface area contributed by atoms with Crippen LogP contribution in [0.2, 0.25) is 10.0 Å². The molecule has 3 heterocycles. The molecule has 6 amide bonds. The van der Waals surface area contributed by atoms with Gasteiger partial charge in [0.1, 0.15) is 97.5 Å². The van der Waals surface area contributed by atoms with Crippen molar-refractivity contribution in [1.29, 1.82) is 0 Å². The molecule has 0 aliphatic heterocycles. The summed E-state index contributed by atoms with van der Waals surface area (Å²) in [4.78, 5) is 74.5. The van der Waals surface area contributed by atoms with Crippen molar-refractivity contribution in [3.05, 3.63) is 195 Å². The molecule has 0 unspecified atom stereocenters. The Morgan fingerprint density at radius 3 is 1.32 bits per heavy atom. The van der Waals surface area contributed by atoms with Gasteiger partial charge >= 0.3 is 18.1 Å². The van der Waals surface area contributed by atoms with E-state index in [-0.39, 0.29) is 51.0 Å². The van der Waals surface area contributed by atoms with E-state index in [1.54, 1.807) is 60.7 Å². The highest BCUT2D eigenvalue weighted by Crippen LogP contribution is 2.34. The lowest BCUT2D eigenvalue weighted by Gasteiger charge is -2.12. The lowest BCUT2D eigenvalue weighted by Crippen LogP contribution is -2.20. The maximum absolute atomic E-state index is 13.0. The van der Waals surface area contributed by atoms with Crippen molar-refractivity contribution in [2.45, 2.75) is 13.8 Å². The Bertz CT molecular complexity index is 4080. The number of urea groups is 3. The highest BCUT2D eigenvalue weighted by Gasteiger charge is 2.17. The van der Waals surface area contributed by atoms with Gasteiger partial charge in [-0.05, 0) is 126 Å². The number of aromatic nitrogens is 6. The number of ether oxygens (including phenoxy) is 3. The molecule has 0 aliphatic rings. The molecular formula is C59H54BrCl2FN18O9. The summed E-state index contributed by atoms with van der Waals surface area (Å²) in [7, 11) is 4.20. The fourth-order valence-electron chi connectivity index (χ4n) is 7.23. The van der Waals surface area contributed by atoms with Gasteiger partial charge in [0.2, 0.25) is 17.6 Å². The molecule has 9 rings (SSSR count). The number of carbonyl (C=O) groups excluding carboxylic acids is 3. The van der Waals surface area contributed by atoms with E-state index in [4.69, 9.17) is 54.6 Å². The van der Waals surface area contributed by atoms with Crippen LogP contribution in [0, 0.1) is 19.7 Å². The molecule has 0 saturated heterocycles. The fourth-order valence-corrected chi connectivity index (χ4v) is 8.12. The Balaban J connectivity index is 0.000000192. The second-order valence-electron chi connectivity index (χ2n) is 17.8. The molecule has 0 saturated carbocycles. The van der Waals surface area contributed by atoms with Crippen LogP contribution in [0.5, 0.6) is 34.9 Å². The maximum Gasteiger partial charge on any atom is 0.323 e. The molecule has 0 spiro atoms. The van der Waals surface area contributed by atoms with Crippen molar-refractivity contribution in [3.8, 4) is 34.9 Å².